The van der Waals surface area contributed by atoms with Crippen molar-refractivity contribution in [1.82, 2.24) is 4.98 Å². The molecule has 0 unspecified atom stereocenters. The van der Waals surface area contributed by atoms with Gasteiger partial charge in [0.15, 0.2) is 5.76 Å². The van der Waals surface area contributed by atoms with Gasteiger partial charge in [0.2, 0.25) is 5.78 Å². The molecule has 0 saturated carbocycles. The van der Waals surface area contributed by atoms with Gasteiger partial charge in [0.05, 0.1) is 0 Å². The molecule has 0 aliphatic rings. The van der Waals surface area contributed by atoms with Gasteiger partial charge in [0.25, 0.3) is 0 Å². The fraction of sp³-hybridized carbons (Fsp3) is 0. The minimum atomic E-state index is -0.274. The zero-order valence-corrected chi connectivity index (χ0v) is 9.87. The van der Waals surface area contributed by atoms with Crippen molar-refractivity contribution < 1.29 is 14.0 Å². The summed E-state index contributed by atoms with van der Waals surface area (Å²) in [5.74, 6) is -0.0544. The number of nitrogens with zero attached hydrogens (tertiary/aromatic N) is 1. The van der Waals surface area contributed by atoms with Gasteiger partial charge in [0, 0.05) is 17.1 Å². The van der Waals surface area contributed by atoms with Crippen LogP contribution in [0.1, 0.15) is 26.6 Å². The van der Waals surface area contributed by atoms with Crippen molar-refractivity contribution in [2.75, 3.05) is 0 Å². The molecule has 92 valence electrons. The first-order valence-corrected chi connectivity index (χ1v) is 5.72. The second-order valence-corrected chi connectivity index (χ2v) is 4.07. The monoisotopic (exact) mass is 251 g/mol. The van der Waals surface area contributed by atoms with Crippen LogP contribution in [0.4, 0.5) is 0 Å². The highest BCUT2D eigenvalue weighted by atomic mass is 16.3. The minimum absolute atomic E-state index is 0.219. The quantitative estimate of drug-likeness (QED) is 0.530. The lowest BCUT2D eigenvalue weighted by Gasteiger charge is -1.94. The highest BCUT2D eigenvalue weighted by molar-refractivity contribution is 6.07. The fourth-order valence-electron chi connectivity index (χ4n) is 1.87. The molecule has 1 aromatic carbocycles. The zero-order chi connectivity index (χ0) is 13.2. The lowest BCUT2D eigenvalue weighted by Crippen LogP contribution is -2.01. The van der Waals surface area contributed by atoms with E-state index in [9.17, 15) is 9.59 Å². The number of carbonyl (C=O) groups is 2. The average molecular weight is 251 g/mol. The Bertz CT molecular complexity index is 759. The van der Waals surface area contributed by atoms with Gasteiger partial charge in [-0.25, -0.2) is 0 Å². The largest absolute Gasteiger partial charge is 0.453 e. The zero-order valence-electron chi connectivity index (χ0n) is 9.87. The Hall–Kier alpha value is -2.75. The predicted molar refractivity (Wildman–Crippen MR) is 69.3 cm³/mol. The second kappa shape index (κ2) is 4.49. The molecule has 4 heteroatoms. The van der Waals surface area contributed by atoms with Crippen LogP contribution in [0.25, 0.3) is 11.0 Å². The van der Waals surface area contributed by atoms with Crippen LogP contribution in [-0.4, -0.2) is 17.1 Å². The molecule has 0 fully saturated rings. The summed E-state index contributed by atoms with van der Waals surface area (Å²) < 4.78 is 5.48. The summed E-state index contributed by atoms with van der Waals surface area (Å²) in [4.78, 5) is 26.8. The SMILES string of the molecule is O=Cc1ccc2oc(C(=O)c3ccccn3)cc2c1. The van der Waals surface area contributed by atoms with Gasteiger partial charge >= 0.3 is 0 Å². The molecule has 0 N–H and O–H groups in total. The van der Waals surface area contributed by atoms with E-state index in [4.69, 9.17) is 4.42 Å². The van der Waals surface area contributed by atoms with Crippen LogP contribution in [-0.2, 0) is 0 Å². The number of hydrogen-bond acceptors (Lipinski definition) is 4. The predicted octanol–water partition coefficient (Wildman–Crippen LogP) is 2.87. The van der Waals surface area contributed by atoms with Gasteiger partial charge in [-0.1, -0.05) is 6.07 Å². The topological polar surface area (TPSA) is 60.2 Å². The van der Waals surface area contributed by atoms with Crippen LogP contribution < -0.4 is 0 Å². The Morgan fingerprint density at radius 1 is 1.16 bits per heavy atom. The van der Waals surface area contributed by atoms with Crippen molar-refractivity contribution >= 4 is 23.0 Å². The van der Waals surface area contributed by atoms with Crippen LogP contribution >= 0.6 is 0 Å². The van der Waals surface area contributed by atoms with E-state index in [2.05, 4.69) is 4.98 Å². The molecule has 0 atom stereocenters. The van der Waals surface area contributed by atoms with Crippen LogP contribution in [0.15, 0.2) is 53.1 Å². The first kappa shape index (κ1) is 11.3. The molecule has 2 aromatic heterocycles. The number of hydrogen-bond donors (Lipinski definition) is 0. The number of benzene rings is 1. The van der Waals surface area contributed by atoms with Crippen molar-refractivity contribution in [3.63, 3.8) is 0 Å². The number of fused-ring (bicyclic) bond motifs is 1. The molecule has 0 saturated heterocycles. The lowest BCUT2D eigenvalue weighted by atomic mass is 10.1. The van der Waals surface area contributed by atoms with Gasteiger partial charge in [-0.15, -0.1) is 0 Å². The molecule has 0 radical (unpaired) electrons. The molecule has 3 aromatic rings. The van der Waals surface area contributed by atoms with E-state index in [1.165, 1.54) is 0 Å². The summed E-state index contributed by atoms with van der Waals surface area (Å²) in [6.07, 6.45) is 2.31. The summed E-state index contributed by atoms with van der Waals surface area (Å²) in [5.41, 5.74) is 1.45. The minimum Gasteiger partial charge on any atom is -0.453 e. The molecule has 3 rings (SSSR count). The van der Waals surface area contributed by atoms with Crippen molar-refractivity contribution in [2.24, 2.45) is 0 Å². The molecular formula is C15H9NO3. The lowest BCUT2D eigenvalue weighted by molar-refractivity contribution is 0.101. The van der Waals surface area contributed by atoms with E-state index in [0.29, 0.717) is 16.8 Å². The van der Waals surface area contributed by atoms with E-state index in [0.717, 1.165) is 11.7 Å². The van der Waals surface area contributed by atoms with E-state index in [1.54, 1.807) is 48.7 Å². The van der Waals surface area contributed by atoms with Gasteiger partial charge in [-0.05, 0) is 36.4 Å². The average Bonchev–Trinajstić information content (AvgIpc) is 2.90. The van der Waals surface area contributed by atoms with E-state index in [1.807, 2.05) is 0 Å². The molecule has 19 heavy (non-hydrogen) atoms. The molecule has 0 amide bonds. The van der Waals surface area contributed by atoms with E-state index < -0.39 is 0 Å². The van der Waals surface area contributed by atoms with Crippen LogP contribution in [0, 0.1) is 0 Å². The Labute approximate surface area is 108 Å². The summed E-state index contributed by atoms with van der Waals surface area (Å²) in [5, 5.41) is 0.726. The molecule has 0 spiro atoms. The third-order valence-electron chi connectivity index (χ3n) is 2.80. The van der Waals surface area contributed by atoms with Crippen molar-refractivity contribution in [3.8, 4) is 0 Å². The Kier molecular flexibility index (Phi) is 2.68. The Morgan fingerprint density at radius 2 is 2.05 bits per heavy atom. The maximum Gasteiger partial charge on any atom is 0.246 e. The van der Waals surface area contributed by atoms with Gasteiger partial charge in [0.1, 0.15) is 17.6 Å². The number of pyridine rings is 1. The van der Waals surface area contributed by atoms with Gasteiger partial charge in [-0.2, -0.15) is 0 Å². The van der Waals surface area contributed by atoms with Crippen molar-refractivity contribution in [3.05, 3.63) is 65.7 Å². The molecule has 4 nitrogen and oxygen atoms in total. The van der Waals surface area contributed by atoms with Crippen molar-refractivity contribution in [2.45, 2.75) is 0 Å². The number of aldehydes is 1. The van der Waals surface area contributed by atoms with Crippen LogP contribution in [0.2, 0.25) is 0 Å². The summed E-state index contributed by atoms with van der Waals surface area (Å²) in [7, 11) is 0. The number of furan rings is 1. The maximum atomic E-state index is 12.1. The number of carbonyl (C=O) groups excluding carboxylic acids is 2. The summed E-state index contributed by atoms with van der Waals surface area (Å²) >= 11 is 0. The Balaban J connectivity index is 2.06. The summed E-state index contributed by atoms with van der Waals surface area (Å²) in [6.45, 7) is 0. The number of aromatic nitrogens is 1. The van der Waals surface area contributed by atoms with Crippen LogP contribution in [0.5, 0.6) is 0 Å². The highest BCUT2D eigenvalue weighted by Gasteiger charge is 2.15. The summed E-state index contributed by atoms with van der Waals surface area (Å²) in [6, 6.07) is 11.7. The number of ketones is 1. The van der Waals surface area contributed by atoms with Gasteiger partial charge in [-0.3, -0.25) is 14.6 Å². The van der Waals surface area contributed by atoms with Gasteiger partial charge < -0.3 is 4.42 Å². The molecule has 2 heterocycles. The fourth-order valence-corrected chi connectivity index (χ4v) is 1.87. The third-order valence-corrected chi connectivity index (χ3v) is 2.80. The molecular weight excluding hydrogens is 242 g/mol. The third kappa shape index (κ3) is 2.04. The first-order valence-electron chi connectivity index (χ1n) is 5.72. The van der Waals surface area contributed by atoms with E-state index in [-0.39, 0.29) is 11.5 Å². The van der Waals surface area contributed by atoms with E-state index >= 15 is 0 Å². The smallest absolute Gasteiger partial charge is 0.246 e. The molecule has 0 bridgehead atoms. The first-order chi connectivity index (χ1) is 9.28. The number of rotatable bonds is 3. The standard InChI is InChI=1S/C15H9NO3/c17-9-10-4-5-13-11(7-10)8-14(19-13)15(18)12-3-1-2-6-16-12/h1-9H. The van der Waals surface area contributed by atoms with Crippen molar-refractivity contribution in [1.29, 1.82) is 0 Å². The highest BCUT2D eigenvalue weighted by Crippen LogP contribution is 2.21. The molecule has 0 aliphatic carbocycles. The van der Waals surface area contributed by atoms with Crippen LogP contribution in [0.3, 0.4) is 0 Å². The normalized spacial score (nSPS) is 10.5. The second-order valence-electron chi connectivity index (χ2n) is 4.07. The maximum absolute atomic E-state index is 12.1. The molecule has 0 aliphatic heterocycles. The Morgan fingerprint density at radius 3 is 2.79 bits per heavy atom.